The van der Waals surface area contributed by atoms with Crippen molar-refractivity contribution in [1.29, 1.82) is 0 Å². The van der Waals surface area contributed by atoms with Crippen molar-refractivity contribution in [3.63, 3.8) is 0 Å². The van der Waals surface area contributed by atoms with E-state index in [2.05, 4.69) is 33.4 Å². The van der Waals surface area contributed by atoms with Gasteiger partial charge in [0.2, 0.25) is 0 Å². The smallest absolute Gasteiger partial charge is 0.192 e. The molecule has 0 bridgehead atoms. The van der Waals surface area contributed by atoms with E-state index >= 15 is 0 Å². The quantitative estimate of drug-likeness (QED) is 0.0477. The van der Waals surface area contributed by atoms with Crippen molar-refractivity contribution in [2.75, 3.05) is 0 Å². The van der Waals surface area contributed by atoms with Gasteiger partial charge in [0.15, 0.2) is 5.12 Å². The number of unbranched alkanes of at least 4 members (excludes halogenated alkanes) is 46. The summed E-state index contributed by atoms with van der Waals surface area (Å²) in [6, 6.07) is 0. The Bertz CT molecular complexity index is 741. The lowest BCUT2D eigenvalue weighted by molar-refractivity contribution is -0.121. The van der Waals surface area contributed by atoms with Crippen molar-refractivity contribution in [3.8, 4) is 0 Å². The summed E-state index contributed by atoms with van der Waals surface area (Å²) < 4.78 is 0. The van der Waals surface area contributed by atoms with Gasteiger partial charge in [0.25, 0.3) is 0 Å². The largest absolute Gasteiger partial charge is 0.287 e. The van der Waals surface area contributed by atoms with Crippen LogP contribution in [0.4, 0.5) is 0 Å². The summed E-state index contributed by atoms with van der Waals surface area (Å²) in [6.45, 7) is 6.93. The van der Waals surface area contributed by atoms with Gasteiger partial charge in [-0.1, -0.05) is 335 Å². The lowest BCUT2D eigenvalue weighted by Crippen LogP contribution is -2.28. The van der Waals surface area contributed by atoms with Crippen LogP contribution < -0.4 is 0 Å². The SMILES string of the molecule is CCCCCCCCCCCCCCCCCCCC(CCCCCCCCCCCCCCCCCC)(CCCCCCCCCCCCCCCCCC)C(=O)S. The number of carbonyl (C=O) groups is 1. The van der Waals surface area contributed by atoms with Gasteiger partial charge >= 0.3 is 0 Å². The molecule has 0 saturated heterocycles. The minimum atomic E-state index is -0.162. The second-order valence-corrected chi connectivity index (χ2v) is 20.5. The highest BCUT2D eigenvalue weighted by Gasteiger charge is 2.34. The number of rotatable bonds is 53. The van der Waals surface area contributed by atoms with E-state index in [0.717, 1.165) is 19.3 Å². The van der Waals surface area contributed by atoms with Gasteiger partial charge in [0, 0.05) is 5.41 Å². The van der Waals surface area contributed by atoms with Crippen molar-refractivity contribution in [3.05, 3.63) is 0 Å². The number of hydrogen-bond acceptors (Lipinski definition) is 1. The van der Waals surface area contributed by atoms with E-state index in [1.54, 1.807) is 0 Å². The zero-order chi connectivity index (χ0) is 42.8. The highest BCUT2D eigenvalue weighted by Crippen LogP contribution is 2.40. The molecule has 0 aliphatic heterocycles. The Hall–Kier alpha value is 0.0200. The Balaban J connectivity index is 4.32. The fourth-order valence-electron chi connectivity index (χ4n) is 9.91. The Morgan fingerprint density at radius 2 is 0.356 bits per heavy atom. The van der Waals surface area contributed by atoms with Crippen molar-refractivity contribution in [2.24, 2.45) is 5.41 Å². The summed E-state index contributed by atoms with van der Waals surface area (Å²) in [6.07, 6.45) is 72.2. The molecular formula is C57H114OS. The predicted octanol–water partition coefficient (Wildman–Crippen LogP) is 21.8. The van der Waals surface area contributed by atoms with Crippen molar-refractivity contribution >= 4 is 17.7 Å². The second kappa shape index (κ2) is 50.7. The first-order valence-electron chi connectivity index (χ1n) is 28.4. The van der Waals surface area contributed by atoms with Crippen LogP contribution in [0, 0.1) is 5.41 Å². The van der Waals surface area contributed by atoms with Crippen LogP contribution in [0.3, 0.4) is 0 Å². The molecule has 0 spiro atoms. The summed E-state index contributed by atoms with van der Waals surface area (Å²) in [5.74, 6) is 0. The molecule has 0 N–H and O–H groups in total. The lowest BCUT2D eigenvalue weighted by Gasteiger charge is -2.31. The zero-order valence-corrected chi connectivity index (χ0v) is 42.5. The summed E-state index contributed by atoms with van der Waals surface area (Å²) in [5, 5.41) is 0.218. The first kappa shape index (κ1) is 59.0. The van der Waals surface area contributed by atoms with E-state index in [-0.39, 0.29) is 10.5 Å². The third-order valence-corrected chi connectivity index (χ3v) is 14.7. The van der Waals surface area contributed by atoms with Gasteiger partial charge in [-0.2, -0.15) is 0 Å². The molecule has 0 aromatic carbocycles. The average Bonchev–Trinajstić information content (AvgIpc) is 3.24. The molecule has 1 nitrogen and oxygen atoms in total. The molecule has 0 rings (SSSR count). The Kier molecular flexibility index (Phi) is 50.7. The summed E-state index contributed by atoms with van der Waals surface area (Å²) >= 11 is 4.64. The topological polar surface area (TPSA) is 17.1 Å². The van der Waals surface area contributed by atoms with Gasteiger partial charge in [-0.15, -0.1) is 12.6 Å². The fourth-order valence-corrected chi connectivity index (χ4v) is 10.2. The van der Waals surface area contributed by atoms with Gasteiger partial charge in [-0.3, -0.25) is 4.79 Å². The molecule has 0 atom stereocenters. The molecule has 354 valence electrons. The Morgan fingerprint density at radius 1 is 0.237 bits per heavy atom. The van der Waals surface area contributed by atoms with Crippen LogP contribution >= 0.6 is 12.6 Å². The molecule has 0 radical (unpaired) electrons. The summed E-state index contributed by atoms with van der Waals surface area (Å²) in [7, 11) is 0. The monoisotopic (exact) mass is 847 g/mol. The maximum Gasteiger partial charge on any atom is 0.192 e. The van der Waals surface area contributed by atoms with Gasteiger partial charge < -0.3 is 0 Å². The highest BCUT2D eigenvalue weighted by atomic mass is 32.1. The molecule has 0 aliphatic carbocycles. The van der Waals surface area contributed by atoms with E-state index in [9.17, 15) is 4.79 Å². The van der Waals surface area contributed by atoms with Crippen molar-refractivity contribution < 1.29 is 4.79 Å². The molecule has 0 aliphatic rings. The molecule has 0 amide bonds. The first-order valence-corrected chi connectivity index (χ1v) is 28.8. The third-order valence-electron chi connectivity index (χ3n) is 14.2. The molecular weight excluding hydrogens is 733 g/mol. The lowest BCUT2D eigenvalue weighted by atomic mass is 9.75. The van der Waals surface area contributed by atoms with Gasteiger partial charge in [0.05, 0.1) is 0 Å². The third kappa shape index (κ3) is 44.4. The van der Waals surface area contributed by atoms with Crippen LogP contribution in [0.15, 0.2) is 0 Å². The Morgan fingerprint density at radius 3 is 0.475 bits per heavy atom. The predicted molar refractivity (Wildman–Crippen MR) is 274 cm³/mol. The van der Waals surface area contributed by atoms with E-state index in [1.807, 2.05) is 0 Å². The minimum Gasteiger partial charge on any atom is -0.287 e. The van der Waals surface area contributed by atoms with E-state index in [0.29, 0.717) is 0 Å². The number of hydrogen-bond donors (Lipinski definition) is 1. The maximum absolute atomic E-state index is 13.3. The number of thiol groups is 1. The molecule has 0 saturated carbocycles. The standard InChI is InChI=1S/C57H114OS/c1-4-7-10-13-16-19-22-25-28-31-34-37-40-43-46-49-52-55-57(56(58)59,53-50-47-44-41-38-35-32-29-26-23-20-17-14-11-8-5-2)54-51-48-45-42-39-36-33-30-27-24-21-18-15-12-9-6-3/h4-55H2,1-3H3,(H,58,59). The van der Waals surface area contributed by atoms with Crippen LogP contribution in [-0.2, 0) is 4.79 Å². The number of carbonyl (C=O) groups excluding carboxylic acids is 1. The molecule has 0 heterocycles. The molecule has 0 fully saturated rings. The van der Waals surface area contributed by atoms with Crippen LogP contribution in [0.2, 0.25) is 0 Å². The highest BCUT2D eigenvalue weighted by molar-refractivity contribution is 7.96. The van der Waals surface area contributed by atoms with E-state index in [1.165, 1.54) is 315 Å². The van der Waals surface area contributed by atoms with Crippen LogP contribution in [0.5, 0.6) is 0 Å². The van der Waals surface area contributed by atoms with Gasteiger partial charge in [-0.05, 0) is 19.3 Å². The fraction of sp³-hybridized carbons (Fsp3) is 0.982. The zero-order valence-electron chi connectivity index (χ0n) is 41.6. The van der Waals surface area contributed by atoms with Crippen molar-refractivity contribution in [1.82, 2.24) is 0 Å². The van der Waals surface area contributed by atoms with E-state index < -0.39 is 0 Å². The normalized spacial score (nSPS) is 11.9. The average molecular weight is 848 g/mol. The molecule has 59 heavy (non-hydrogen) atoms. The first-order chi connectivity index (χ1) is 29.1. The second-order valence-electron chi connectivity index (χ2n) is 20.1. The van der Waals surface area contributed by atoms with Crippen LogP contribution in [0.1, 0.15) is 355 Å². The van der Waals surface area contributed by atoms with E-state index in [4.69, 9.17) is 0 Å². The molecule has 0 aromatic heterocycles. The summed E-state index contributed by atoms with van der Waals surface area (Å²) in [4.78, 5) is 13.3. The van der Waals surface area contributed by atoms with Crippen LogP contribution in [0.25, 0.3) is 0 Å². The van der Waals surface area contributed by atoms with Crippen LogP contribution in [-0.4, -0.2) is 5.12 Å². The van der Waals surface area contributed by atoms with Gasteiger partial charge in [0.1, 0.15) is 0 Å². The van der Waals surface area contributed by atoms with Crippen molar-refractivity contribution in [2.45, 2.75) is 355 Å². The molecule has 0 aromatic rings. The Labute approximate surface area is 380 Å². The van der Waals surface area contributed by atoms with Gasteiger partial charge in [-0.25, -0.2) is 0 Å². The molecule has 2 heteroatoms. The minimum absolute atomic E-state index is 0.162. The molecule has 0 unspecified atom stereocenters. The maximum atomic E-state index is 13.3. The summed E-state index contributed by atoms with van der Waals surface area (Å²) in [5.41, 5.74) is -0.162.